The van der Waals surface area contributed by atoms with Crippen LogP contribution in [0.1, 0.15) is 31.9 Å². The lowest BCUT2D eigenvalue weighted by Gasteiger charge is -2.37. The fourth-order valence-corrected chi connectivity index (χ4v) is 3.99. The van der Waals surface area contributed by atoms with Gasteiger partial charge >= 0.3 is 6.03 Å². The van der Waals surface area contributed by atoms with Gasteiger partial charge in [-0.3, -0.25) is 4.90 Å². The van der Waals surface area contributed by atoms with Crippen LogP contribution in [-0.2, 0) is 0 Å². The third-order valence-electron chi connectivity index (χ3n) is 5.00. The van der Waals surface area contributed by atoms with Crippen molar-refractivity contribution in [3.05, 3.63) is 47.5 Å². The summed E-state index contributed by atoms with van der Waals surface area (Å²) in [6, 6.07) is 7.77. The molecule has 5 nitrogen and oxygen atoms in total. The van der Waals surface area contributed by atoms with Crippen molar-refractivity contribution in [2.45, 2.75) is 31.8 Å². The maximum Gasteiger partial charge on any atom is 0.315 e. The van der Waals surface area contributed by atoms with Gasteiger partial charge in [0.2, 0.25) is 0 Å². The largest absolute Gasteiger partial charge is 0.394 e. The minimum atomic E-state index is -0.303. The first kappa shape index (κ1) is 19.8. The molecule has 1 aromatic carbocycles. The molecule has 1 aliphatic heterocycles. The molecule has 1 aliphatic rings. The number of nitrogens with zero attached hydrogens (tertiary/aromatic N) is 1. The molecule has 6 heteroatoms. The molecule has 1 aromatic rings. The number of hydrogen-bond acceptors (Lipinski definition) is 3. The number of carbonyl (C=O) groups is 1. The zero-order valence-electron chi connectivity index (χ0n) is 15.0. The van der Waals surface area contributed by atoms with E-state index in [0.29, 0.717) is 18.1 Å². The summed E-state index contributed by atoms with van der Waals surface area (Å²) in [4.78, 5) is 14.2. The van der Waals surface area contributed by atoms with Gasteiger partial charge in [-0.15, -0.1) is 6.58 Å². The number of likely N-dealkylation sites (N-methyl/N-ethyl adjacent to an activating group) is 1. The lowest BCUT2D eigenvalue weighted by molar-refractivity contribution is 0.0579. The molecule has 138 valence electrons. The first-order valence-corrected chi connectivity index (χ1v) is 9.08. The molecule has 0 aliphatic carbocycles. The van der Waals surface area contributed by atoms with E-state index in [4.69, 9.17) is 11.6 Å². The van der Waals surface area contributed by atoms with Gasteiger partial charge < -0.3 is 15.7 Å². The second kappa shape index (κ2) is 8.70. The average molecular weight is 366 g/mol. The summed E-state index contributed by atoms with van der Waals surface area (Å²) in [5.74, 6) is 0.202. The first-order chi connectivity index (χ1) is 11.9. The molecule has 0 unspecified atom stereocenters. The Labute approximate surface area is 155 Å². The Morgan fingerprint density at radius 3 is 2.68 bits per heavy atom. The number of halogens is 1. The second-order valence-electron chi connectivity index (χ2n) is 6.78. The highest BCUT2D eigenvalue weighted by Crippen LogP contribution is 2.46. The van der Waals surface area contributed by atoms with Gasteiger partial charge in [0.1, 0.15) is 0 Å². The Morgan fingerprint density at radius 2 is 2.12 bits per heavy atom. The van der Waals surface area contributed by atoms with Crippen molar-refractivity contribution in [3.63, 3.8) is 0 Å². The Bertz CT molecular complexity index is 593. The number of hydrogen-bond donors (Lipinski definition) is 3. The number of rotatable bonds is 7. The maximum atomic E-state index is 11.9. The third-order valence-corrected chi connectivity index (χ3v) is 5.25. The van der Waals surface area contributed by atoms with Gasteiger partial charge in [0.25, 0.3) is 0 Å². The van der Waals surface area contributed by atoms with Gasteiger partial charge in [0.05, 0.1) is 6.61 Å². The van der Waals surface area contributed by atoms with Gasteiger partial charge in [-0.05, 0) is 43.5 Å². The summed E-state index contributed by atoms with van der Waals surface area (Å²) in [7, 11) is 0. The van der Waals surface area contributed by atoms with Crippen molar-refractivity contribution in [2.24, 2.45) is 5.92 Å². The lowest BCUT2D eigenvalue weighted by atomic mass is 9.90. The van der Waals surface area contributed by atoms with Crippen LogP contribution in [0.15, 0.2) is 36.9 Å². The monoisotopic (exact) mass is 365 g/mol. The van der Waals surface area contributed by atoms with Crippen LogP contribution in [0.2, 0.25) is 5.02 Å². The number of aliphatic hydroxyl groups excluding tert-OH is 1. The van der Waals surface area contributed by atoms with Gasteiger partial charge in [-0.2, -0.15) is 0 Å². The molecule has 25 heavy (non-hydrogen) atoms. The maximum absolute atomic E-state index is 11.9. The van der Waals surface area contributed by atoms with Crippen LogP contribution < -0.4 is 10.6 Å². The SMILES string of the molecule is C=CCNC(=O)NC[C@H]1C[C@@](C)(CO)N(CC)[C@H]1c1ccc(Cl)cc1. The van der Waals surface area contributed by atoms with Crippen LogP contribution in [0.4, 0.5) is 4.79 Å². The summed E-state index contributed by atoms with van der Waals surface area (Å²) in [5.41, 5.74) is 0.852. The van der Waals surface area contributed by atoms with Gasteiger partial charge in [0.15, 0.2) is 0 Å². The number of nitrogens with one attached hydrogen (secondary N) is 2. The summed E-state index contributed by atoms with van der Waals surface area (Å²) < 4.78 is 0. The van der Waals surface area contributed by atoms with Crippen molar-refractivity contribution >= 4 is 17.6 Å². The van der Waals surface area contributed by atoms with Crippen LogP contribution in [0.25, 0.3) is 0 Å². The van der Waals surface area contributed by atoms with E-state index >= 15 is 0 Å². The molecular formula is C19H28ClN3O2. The fourth-order valence-electron chi connectivity index (χ4n) is 3.86. The van der Waals surface area contributed by atoms with E-state index in [1.165, 1.54) is 0 Å². The molecule has 0 radical (unpaired) electrons. The normalized spacial score (nSPS) is 26.4. The van der Waals surface area contributed by atoms with E-state index in [0.717, 1.165) is 18.5 Å². The van der Waals surface area contributed by atoms with Crippen molar-refractivity contribution in [3.8, 4) is 0 Å². The van der Waals surface area contributed by atoms with Crippen LogP contribution in [0.3, 0.4) is 0 Å². The molecule has 0 bridgehead atoms. The van der Waals surface area contributed by atoms with E-state index in [1.807, 2.05) is 24.3 Å². The summed E-state index contributed by atoms with van der Waals surface area (Å²) >= 11 is 6.03. The number of urea groups is 1. The fraction of sp³-hybridized carbons (Fsp3) is 0.526. The Hall–Kier alpha value is -1.56. The molecule has 1 fully saturated rings. The standard InChI is InChI=1S/C19H28ClN3O2/c1-4-10-21-18(25)22-12-15-11-19(3,13-24)23(5-2)17(15)14-6-8-16(20)9-7-14/h4,6-9,15,17,24H,1,5,10-13H2,2-3H3,(H2,21,22,25)/t15-,17+,19+/m1/s1. The van der Waals surface area contributed by atoms with Crippen LogP contribution in [0, 0.1) is 5.92 Å². The molecule has 2 amide bonds. The van der Waals surface area contributed by atoms with E-state index in [2.05, 4.69) is 36.0 Å². The van der Waals surface area contributed by atoms with E-state index < -0.39 is 0 Å². The number of likely N-dealkylation sites (tertiary alicyclic amines) is 1. The van der Waals surface area contributed by atoms with Crippen molar-refractivity contribution < 1.29 is 9.90 Å². The van der Waals surface area contributed by atoms with Crippen molar-refractivity contribution in [1.82, 2.24) is 15.5 Å². The zero-order chi connectivity index (χ0) is 18.4. The highest BCUT2D eigenvalue weighted by atomic mass is 35.5. The summed E-state index contributed by atoms with van der Waals surface area (Å²) in [5, 5.41) is 16.4. The molecule has 3 N–H and O–H groups in total. The smallest absolute Gasteiger partial charge is 0.315 e. The molecule has 2 rings (SSSR count). The molecule has 0 aromatic heterocycles. The van der Waals surface area contributed by atoms with Gasteiger partial charge in [0, 0.05) is 29.7 Å². The van der Waals surface area contributed by atoms with Gasteiger partial charge in [-0.25, -0.2) is 4.79 Å². The first-order valence-electron chi connectivity index (χ1n) is 8.71. The summed E-state index contributed by atoms with van der Waals surface area (Å²) in [6.45, 7) is 9.66. The molecule has 3 atom stereocenters. The van der Waals surface area contributed by atoms with Crippen molar-refractivity contribution in [2.75, 3.05) is 26.2 Å². The quantitative estimate of drug-likeness (QED) is 0.651. The highest BCUT2D eigenvalue weighted by molar-refractivity contribution is 6.30. The molecule has 1 heterocycles. The van der Waals surface area contributed by atoms with Crippen LogP contribution in [-0.4, -0.2) is 47.8 Å². The molecule has 0 spiro atoms. The van der Waals surface area contributed by atoms with E-state index in [1.54, 1.807) is 6.08 Å². The zero-order valence-corrected chi connectivity index (χ0v) is 15.7. The van der Waals surface area contributed by atoms with E-state index in [-0.39, 0.29) is 30.1 Å². The minimum Gasteiger partial charge on any atom is -0.394 e. The number of benzene rings is 1. The number of amides is 2. The van der Waals surface area contributed by atoms with Crippen molar-refractivity contribution in [1.29, 1.82) is 0 Å². The van der Waals surface area contributed by atoms with Crippen LogP contribution >= 0.6 is 11.6 Å². The Morgan fingerprint density at radius 1 is 1.44 bits per heavy atom. The Kier molecular flexibility index (Phi) is 6.87. The predicted molar refractivity (Wildman–Crippen MR) is 102 cm³/mol. The highest BCUT2D eigenvalue weighted by Gasteiger charge is 2.48. The topological polar surface area (TPSA) is 64.6 Å². The molecule has 1 saturated heterocycles. The number of aliphatic hydroxyl groups is 1. The molecular weight excluding hydrogens is 338 g/mol. The third kappa shape index (κ3) is 4.54. The Balaban J connectivity index is 2.20. The summed E-state index contributed by atoms with van der Waals surface area (Å²) in [6.07, 6.45) is 2.46. The number of carbonyl (C=O) groups excluding carboxylic acids is 1. The predicted octanol–water partition coefficient (Wildman–Crippen LogP) is 2.96. The average Bonchev–Trinajstić information content (AvgIpc) is 2.91. The van der Waals surface area contributed by atoms with E-state index in [9.17, 15) is 9.90 Å². The minimum absolute atomic E-state index is 0.0874. The lowest BCUT2D eigenvalue weighted by Crippen LogP contribution is -2.45. The van der Waals surface area contributed by atoms with Gasteiger partial charge in [-0.1, -0.05) is 36.7 Å². The van der Waals surface area contributed by atoms with Crippen LogP contribution in [0.5, 0.6) is 0 Å². The molecule has 0 saturated carbocycles. The second-order valence-corrected chi connectivity index (χ2v) is 7.22.